The Hall–Kier alpha value is -0.680. The van der Waals surface area contributed by atoms with Gasteiger partial charge in [-0.2, -0.15) is 11.8 Å². The Morgan fingerprint density at radius 2 is 2.27 bits per heavy atom. The van der Waals surface area contributed by atoms with Gasteiger partial charge >= 0.3 is 0 Å². The van der Waals surface area contributed by atoms with Crippen LogP contribution in [-0.4, -0.2) is 35.1 Å². The van der Waals surface area contributed by atoms with Crippen molar-refractivity contribution >= 4 is 34.9 Å². The van der Waals surface area contributed by atoms with Crippen LogP contribution in [-0.2, 0) is 0 Å². The average molecular weight is 247 g/mol. The molecule has 1 unspecified atom stereocenters. The van der Waals surface area contributed by atoms with E-state index in [1.165, 1.54) is 6.33 Å². The monoisotopic (exact) mass is 246 g/mol. The van der Waals surface area contributed by atoms with Crippen molar-refractivity contribution in [1.29, 1.82) is 0 Å². The lowest BCUT2D eigenvalue weighted by molar-refractivity contribution is 0.753. The molecule has 0 radical (unpaired) electrons. The van der Waals surface area contributed by atoms with Gasteiger partial charge in [-0.1, -0.05) is 11.6 Å². The molecule has 0 aromatic carbocycles. The van der Waals surface area contributed by atoms with Crippen LogP contribution in [0.2, 0.25) is 5.15 Å². The topological polar surface area (TPSA) is 55.0 Å². The molecule has 0 fully saturated rings. The number of hydrogen-bond donors (Lipinski definition) is 1. The van der Waals surface area contributed by atoms with E-state index in [4.69, 9.17) is 17.3 Å². The minimum absolute atomic E-state index is 0.309. The van der Waals surface area contributed by atoms with Gasteiger partial charge in [-0.3, -0.25) is 0 Å². The van der Waals surface area contributed by atoms with Crippen LogP contribution in [0, 0.1) is 0 Å². The predicted octanol–water partition coefficient (Wildman–Crippen LogP) is 1.90. The van der Waals surface area contributed by atoms with Crippen molar-refractivity contribution in [2.75, 3.05) is 29.7 Å². The van der Waals surface area contributed by atoms with Gasteiger partial charge in [0.05, 0.1) is 0 Å². The number of nitrogens with two attached hydrogens (primary N) is 1. The first-order chi connectivity index (χ1) is 7.07. The van der Waals surface area contributed by atoms with Gasteiger partial charge in [-0.25, -0.2) is 9.97 Å². The van der Waals surface area contributed by atoms with Crippen LogP contribution in [0.1, 0.15) is 6.92 Å². The van der Waals surface area contributed by atoms with E-state index in [0.717, 1.165) is 5.75 Å². The molecule has 0 aliphatic heterocycles. The fraction of sp³-hybridized carbons (Fsp3) is 0.556. The normalized spacial score (nSPS) is 12.5. The lowest BCUT2D eigenvalue weighted by Gasteiger charge is -2.26. The summed E-state index contributed by atoms with van der Waals surface area (Å²) in [6.07, 6.45) is 3.50. The second kappa shape index (κ2) is 5.42. The number of hydrogen-bond acceptors (Lipinski definition) is 5. The number of aromatic nitrogens is 2. The molecule has 1 atom stereocenters. The summed E-state index contributed by atoms with van der Waals surface area (Å²) in [6.45, 7) is 2.12. The fourth-order valence-electron chi connectivity index (χ4n) is 1.21. The van der Waals surface area contributed by atoms with E-state index in [-0.39, 0.29) is 0 Å². The molecule has 1 aromatic heterocycles. The molecule has 0 aliphatic carbocycles. The maximum atomic E-state index is 5.83. The summed E-state index contributed by atoms with van der Waals surface area (Å²) >= 11 is 7.62. The number of thioether (sulfide) groups is 1. The summed E-state index contributed by atoms with van der Waals surface area (Å²) in [5, 5.41) is 0.309. The first-order valence-corrected chi connectivity index (χ1v) is 6.32. The molecule has 0 saturated heterocycles. The molecule has 0 amide bonds. The van der Waals surface area contributed by atoms with Gasteiger partial charge in [0.2, 0.25) is 0 Å². The first-order valence-electron chi connectivity index (χ1n) is 4.55. The zero-order valence-corrected chi connectivity index (χ0v) is 10.6. The molecule has 1 aromatic rings. The standard InChI is InChI=1S/C9H15ClN4S/c1-6(4-15-3)14(2)9-7(11)8(10)12-5-13-9/h5-6H,4,11H2,1-3H3. The maximum absolute atomic E-state index is 5.83. The third kappa shape index (κ3) is 2.89. The van der Waals surface area contributed by atoms with Gasteiger partial charge in [-0.15, -0.1) is 0 Å². The minimum Gasteiger partial charge on any atom is -0.393 e. The maximum Gasteiger partial charge on any atom is 0.157 e. The van der Waals surface area contributed by atoms with Gasteiger partial charge in [0.25, 0.3) is 0 Å². The Bertz CT molecular complexity index is 334. The Labute approximate surface area is 99.2 Å². The van der Waals surface area contributed by atoms with Gasteiger partial charge in [0.15, 0.2) is 11.0 Å². The lowest BCUT2D eigenvalue weighted by Crippen LogP contribution is -2.32. The lowest BCUT2D eigenvalue weighted by atomic mass is 10.3. The smallest absolute Gasteiger partial charge is 0.157 e. The molecule has 0 aliphatic rings. The summed E-state index contributed by atoms with van der Waals surface area (Å²) < 4.78 is 0. The van der Waals surface area contributed by atoms with Crippen LogP contribution in [0.3, 0.4) is 0 Å². The summed E-state index contributed by atoms with van der Waals surface area (Å²) in [5.41, 5.74) is 6.25. The molecule has 0 bridgehead atoms. The molecule has 84 valence electrons. The fourth-order valence-corrected chi connectivity index (χ4v) is 2.04. The largest absolute Gasteiger partial charge is 0.393 e. The van der Waals surface area contributed by atoms with E-state index >= 15 is 0 Å². The van der Waals surface area contributed by atoms with Crippen LogP contribution in [0.25, 0.3) is 0 Å². The molecular formula is C9H15ClN4S. The quantitative estimate of drug-likeness (QED) is 0.823. The van der Waals surface area contributed by atoms with Crippen LogP contribution in [0.5, 0.6) is 0 Å². The highest BCUT2D eigenvalue weighted by Gasteiger charge is 2.15. The second-order valence-corrected chi connectivity index (χ2v) is 4.59. The molecule has 1 heterocycles. The highest BCUT2D eigenvalue weighted by Crippen LogP contribution is 2.26. The highest BCUT2D eigenvalue weighted by atomic mass is 35.5. The molecule has 15 heavy (non-hydrogen) atoms. The van der Waals surface area contributed by atoms with Crippen molar-refractivity contribution in [3.05, 3.63) is 11.5 Å². The molecule has 6 heteroatoms. The Morgan fingerprint density at radius 3 is 2.87 bits per heavy atom. The first kappa shape index (κ1) is 12.4. The summed E-state index contributed by atoms with van der Waals surface area (Å²) in [5.74, 6) is 1.70. The number of halogens is 1. The van der Waals surface area contributed by atoms with E-state index in [1.807, 2.05) is 11.9 Å². The zero-order valence-electron chi connectivity index (χ0n) is 9.07. The van der Waals surface area contributed by atoms with Gasteiger partial charge in [0.1, 0.15) is 12.0 Å². The number of rotatable bonds is 4. The number of anilines is 2. The predicted molar refractivity (Wildman–Crippen MR) is 67.7 cm³/mol. The molecule has 0 saturated carbocycles. The Morgan fingerprint density at radius 1 is 1.60 bits per heavy atom. The van der Waals surface area contributed by atoms with Crippen LogP contribution in [0.15, 0.2) is 6.33 Å². The third-order valence-electron chi connectivity index (χ3n) is 2.22. The van der Waals surface area contributed by atoms with Crippen molar-refractivity contribution in [1.82, 2.24) is 9.97 Å². The van der Waals surface area contributed by atoms with E-state index < -0.39 is 0 Å². The SMILES string of the molecule is CSCC(C)N(C)c1ncnc(Cl)c1N. The van der Waals surface area contributed by atoms with E-state index in [9.17, 15) is 0 Å². The third-order valence-corrected chi connectivity index (χ3v) is 3.33. The molecule has 0 spiro atoms. The average Bonchev–Trinajstić information content (AvgIpc) is 2.21. The Balaban J connectivity index is 2.90. The van der Waals surface area contributed by atoms with E-state index in [2.05, 4.69) is 23.1 Å². The highest BCUT2D eigenvalue weighted by molar-refractivity contribution is 7.98. The zero-order chi connectivity index (χ0) is 11.4. The Kier molecular flexibility index (Phi) is 4.47. The van der Waals surface area contributed by atoms with Crippen molar-refractivity contribution in [2.45, 2.75) is 13.0 Å². The molecule has 4 nitrogen and oxygen atoms in total. The van der Waals surface area contributed by atoms with Gasteiger partial charge in [-0.05, 0) is 13.2 Å². The van der Waals surface area contributed by atoms with Crippen LogP contribution < -0.4 is 10.6 Å². The van der Waals surface area contributed by atoms with Crippen molar-refractivity contribution in [2.24, 2.45) is 0 Å². The summed E-state index contributed by atoms with van der Waals surface area (Å²) in [4.78, 5) is 9.98. The number of nitrogen functional groups attached to an aromatic ring is 1. The summed E-state index contributed by atoms with van der Waals surface area (Å²) in [6, 6.07) is 0.355. The van der Waals surface area contributed by atoms with Crippen molar-refractivity contribution in [3.8, 4) is 0 Å². The molecule has 1 rings (SSSR count). The van der Waals surface area contributed by atoms with Crippen LogP contribution in [0.4, 0.5) is 11.5 Å². The van der Waals surface area contributed by atoms with E-state index in [0.29, 0.717) is 22.7 Å². The second-order valence-electron chi connectivity index (χ2n) is 3.32. The van der Waals surface area contributed by atoms with Crippen molar-refractivity contribution in [3.63, 3.8) is 0 Å². The van der Waals surface area contributed by atoms with Crippen LogP contribution >= 0.6 is 23.4 Å². The van der Waals surface area contributed by atoms with Crippen molar-refractivity contribution < 1.29 is 0 Å². The molecule has 2 N–H and O–H groups in total. The summed E-state index contributed by atoms with van der Waals surface area (Å²) in [7, 11) is 1.95. The van der Waals surface area contributed by atoms with Gasteiger partial charge < -0.3 is 10.6 Å². The van der Waals surface area contributed by atoms with E-state index in [1.54, 1.807) is 11.8 Å². The number of nitrogens with zero attached hydrogens (tertiary/aromatic N) is 3. The molecular weight excluding hydrogens is 232 g/mol. The minimum atomic E-state index is 0.309. The van der Waals surface area contributed by atoms with Gasteiger partial charge in [0, 0.05) is 18.8 Å².